The Kier molecular flexibility index (Phi) is 5.41. The normalized spacial score (nSPS) is 18.7. The van der Waals surface area contributed by atoms with Gasteiger partial charge in [0.25, 0.3) is 0 Å². The standard InChI is InChI=1S/C17H28N2/c1-18-14-17(11-7-4-8-12-17)15-19(2)13-16-9-5-3-6-10-16/h3,5-6,9-10,18H,4,7-8,11-15H2,1-2H3. The van der Waals surface area contributed by atoms with Gasteiger partial charge in [0, 0.05) is 19.6 Å². The largest absolute Gasteiger partial charge is 0.319 e. The number of nitrogens with zero attached hydrogens (tertiary/aromatic N) is 1. The fourth-order valence-corrected chi connectivity index (χ4v) is 3.59. The van der Waals surface area contributed by atoms with Crippen molar-refractivity contribution in [3.63, 3.8) is 0 Å². The molecule has 19 heavy (non-hydrogen) atoms. The maximum atomic E-state index is 3.42. The number of hydrogen-bond acceptors (Lipinski definition) is 2. The van der Waals surface area contributed by atoms with Crippen molar-refractivity contribution in [2.75, 3.05) is 27.2 Å². The summed E-state index contributed by atoms with van der Waals surface area (Å²) in [4.78, 5) is 2.50. The third-order valence-corrected chi connectivity index (χ3v) is 4.37. The van der Waals surface area contributed by atoms with Crippen molar-refractivity contribution < 1.29 is 0 Å². The zero-order chi connectivity index (χ0) is 13.6. The van der Waals surface area contributed by atoms with E-state index < -0.39 is 0 Å². The minimum atomic E-state index is 0.497. The van der Waals surface area contributed by atoms with Crippen LogP contribution in [0.5, 0.6) is 0 Å². The molecule has 0 heterocycles. The van der Waals surface area contributed by atoms with Crippen molar-refractivity contribution in [1.82, 2.24) is 10.2 Å². The summed E-state index contributed by atoms with van der Waals surface area (Å²) in [7, 11) is 4.35. The summed E-state index contributed by atoms with van der Waals surface area (Å²) in [5.74, 6) is 0. The number of benzene rings is 1. The summed E-state index contributed by atoms with van der Waals surface area (Å²) in [6, 6.07) is 10.8. The quantitative estimate of drug-likeness (QED) is 0.844. The summed E-state index contributed by atoms with van der Waals surface area (Å²) < 4.78 is 0. The zero-order valence-corrected chi connectivity index (χ0v) is 12.5. The van der Waals surface area contributed by atoms with Gasteiger partial charge in [-0.1, -0.05) is 49.6 Å². The molecular formula is C17H28N2. The summed E-state index contributed by atoms with van der Waals surface area (Å²) in [5.41, 5.74) is 1.91. The maximum absolute atomic E-state index is 3.42. The molecule has 0 radical (unpaired) electrons. The molecule has 2 heteroatoms. The van der Waals surface area contributed by atoms with Crippen molar-refractivity contribution in [2.24, 2.45) is 5.41 Å². The van der Waals surface area contributed by atoms with Crippen molar-refractivity contribution in [2.45, 2.75) is 38.6 Å². The Bertz CT molecular complexity index is 349. The van der Waals surface area contributed by atoms with Crippen molar-refractivity contribution in [3.8, 4) is 0 Å². The second-order valence-electron chi connectivity index (χ2n) is 6.25. The van der Waals surface area contributed by atoms with Crippen LogP contribution in [0.1, 0.15) is 37.7 Å². The molecule has 0 bridgehead atoms. The van der Waals surface area contributed by atoms with Crippen LogP contribution in [0.25, 0.3) is 0 Å². The van der Waals surface area contributed by atoms with E-state index in [9.17, 15) is 0 Å². The average Bonchev–Trinajstić information content (AvgIpc) is 2.40. The van der Waals surface area contributed by atoms with Crippen LogP contribution in [0, 0.1) is 5.41 Å². The third kappa shape index (κ3) is 4.32. The first-order chi connectivity index (χ1) is 9.24. The fourth-order valence-electron chi connectivity index (χ4n) is 3.59. The van der Waals surface area contributed by atoms with Crippen molar-refractivity contribution in [3.05, 3.63) is 35.9 Å². The topological polar surface area (TPSA) is 15.3 Å². The minimum absolute atomic E-state index is 0.497. The molecule has 2 rings (SSSR count). The highest BCUT2D eigenvalue weighted by molar-refractivity contribution is 5.14. The van der Waals surface area contributed by atoms with E-state index in [2.05, 4.69) is 54.6 Å². The smallest absolute Gasteiger partial charge is 0.0230 e. The Morgan fingerprint density at radius 3 is 2.42 bits per heavy atom. The van der Waals surface area contributed by atoms with Crippen LogP contribution in [0.15, 0.2) is 30.3 Å². The van der Waals surface area contributed by atoms with Crippen molar-refractivity contribution >= 4 is 0 Å². The Labute approximate surface area is 118 Å². The van der Waals surface area contributed by atoms with Gasteiger partial charge < -0.3 is 10.2 Å². The number of nitrogens with one attached hydrogen (secondary N) is 1. The molecule has 1 saturated carbocycles. The van der Waals surface area contributed by atoms with Crippen LogP contribution >= 0.6 is 0 Å². The fraction of sp³-hybridized carbons (Fsp3) is 0.647. The van der Waals surface area contributed by atoms with Gasteiger partial charge in [-0.2, -0.15) is 0 Å². The van der Waals surface area contributed by atoms with E-state index in [-0.39, 0.29) is 0 Å². The van der Waals surface area contributed by atoms with E-state index in [1.54, 1.807) is 0 Å². The Morgan fingerprint density at radius 1 is 1.11 bits per heavy atom. The van der Waals surface area contributed by atoms with Crippen molar-refractivity contribution in [1.29, 1.82) is 0 Å². The van der Waals surface area contributed by atoms with E-state index >= 15 is 0 Å². The first-order valence-corrected chi connectivity index (χ1v) is 7.61. The van der Waals surface area contributed by atoms with Gasteiger partial charge in [-0.15, -0.1) is 0 Å². The minimum Gasteiger partial charge on any atom is -0.319 e. The van der Waals surface area contributed by atoms with Gasteiger partial charge in [0.15, 0.2) is 0 Å². The van der Waals surface area contributed by atoms with E-state index in [1.807, 2.05) is 0 Å². The van der Waals surface area contributed by atoms with Gasteiger partial charge in [0.05, 0.1) is 0 Å². The Hall–Kier alpha value is -0.860. The first kappa shape index (κ1) is 14.5. The molecule has 1 aliphatic rings. The van der Waals surface area contributed by atoms with Gasteiger partial charge >= 0.3 is 0 Å². The van der Waals surface area contributed by atoms with Crippen LogP contribution in [0.3, 0.4) is 0 Å². The van der Waals surface area contributed by atoms with Crippen LogP contribution < -0.4 is 5.32 Å². The van der Waals surface area contributed by atoms with E-state index in [0.29, 0.717) is 5.41 Å². The molecule has 0 aromatic heterocycles. The van der Waals surface area contributed by atoms with Gasteiger partial charge in [-0.3, -0.25) is 0 Å². The summed E-state index contributed by atoms with van der Waals surface area (Å²) >= 11 is 0. The SMILES string of the molecule is CNCC1(CN(C)Cc2ccccc2)CCCCC1. The molecule has 0 unspecified atom stereocenters. The van der Waals surface area contributed by atoms with Crippen LogP contribution in [-0.2, 0) is 6.54 Å². The number of rotatable bonds is 6. The molecule has 0 spiro atoms. The monoisotopic (exact) mass is 260 g/mol. The van der Waals surface area contributed by atoms with Crippen LogP contribution in [0.2, 0.25) is 0 Å². The molecule has 0 aliphatic heterocycles. The molecular weight excluding hydrogens is 232 g/mol. The summed E-state index contributed by atoms with van der Waals surface area (Å²) in [6.07, 6.45) is 7.00. The second-order valence-corrected chi connectivity index (χ2v) is 6.25. The first-order valence-electron chi connectivity index (χ1n) is 7.61. The highest BCUT2D eigenvalue weighted by Crippen LogP contribution is 2.36. The zero-order valence-electron chi connectivity index (χ0n) is 12.5. The third-order valence-electron chi connectivity index (χ3n) is 4.37. The molecule has 1 fully saturated rings. The lowest BCUT2D eigenvalue weighted by molar-refractivity contribution is 0.116. The maximum Gasteiger partial charge on any atom is 0.0230 e. The predicted octanol–water partition coefficient (Wildman–Crippen LogP) is 3.29. The summed E-state index contributed by atoms with van der Waals surface area (Å²) in [5, 5.41) is 3.42. The Balaban J connectivity index is 1.93. The highest BCUT2D eigenvalue weighted by atomic mass is 15.1. The van der Waals surface area contributed by atoms with Gasteiger partial charge in [-0.05, 0) is 37.9 Å². The molecule has 1 aromatic carbocycles. The lowest BCUT2D eigenvalue weighted by Gasteiger charge is -2.40. The molecule has 106 valence electrons. The molecule has 1 aromatic rings. The van der Waals surface area contributed by atoms with E-state index in [4.69, 9.17) is 0 Å². The van der Waals surface area contributed by atoms with Gasteiger partial charge in [0.1, 0.15) is 0 Å². The molecule has 0 atom stereocenters. The van der Waals surface area contributed by atoms with Gasteiger partial charge in [0.2, 0.25) is 0 Å². The highest BCUT2D eigenvalue weighted by Gasteiger charge is 2.32. The van der Waals surface area contributed by atoms with E-state index in [1.165, 1.54) is 44.2 Å². The van der Waals surface area contributed by atoms with E-state index in [0.717, 1.165) is 13.1 Å². The second kappa shape index (κ2) is 7.06. The lowest BCUT2D eigenvalue weighted by Crippen LogP contribution is -2.43. The summed E-state index contributed by atoms with van der Waals surface area (Å²) in [6.45, 7) is 3.43. The average molecular weight is 260 g/mol. The predicted molar refractivity (Wildman–Crippen MR) is 82.2 cm³/mol. The lowest BCUT2D eigenvalue weighted by atomic mass is 9.73. The van der Waals surface area contributed by atoms with Crippen LogP contribution in [0.4, 0.5) is 0 Å². The molecule has 1 aliphatic carbocycles. The molecule has 2 nitrogen and oxygen atoms in total. The van der Waals surface area contributed by atoms with Crippen LogP contribution in [-0.4, -0.2) is 32.1 Å². The molecule has 0 amide bonds. The molecule has 1 N–H and O–H groups in total. The Morgan fingerprint density at radius 2 is 1.79 bits per heavy atom. The molecule has 0 saturated heterocycles. The number of hydrogen-bond donors (Lipinski definition) is 1. The van der Waals surface area contributed by atoms with Gasteiger partial charge in [-0.25, -0.2) is 0 Å².